The SMILES string of the molecule is NCCCN(CCCN)CCCN(CCCN(CCCN)CCCN)CCCN(CCCN)CCCN. The van der Waals surface area contributed by atoms with Crippen LogP contribution in [0.1, 0.15) is 57.8 Å². The molecule has 0 amide bonds. The molecule has 0 saturated carbocycles. The molecule has 37 heavy (non-hydrogen) atoms. The van der Waals surface area contributed by atoms with Crippen molar-refractivity contribution in [1.82, 2.24) is 19.6 Å². The molecule has 12 N–H and O–H groups in total. The average Bonchev–Trinajstić information content (AvgIpc) is 2.91. The molecule has 0 aromatic heterocycles. The highest BCUT2D eigenvalue weighted by Crippen LogP contribution is 2.05. The monoisotopic (exact) mass is 531 g/mol. The molecule has 224 valence electrons. The zero-order valence-electron chi connectivity index (χ0n) is 24.3. The first-order chi connectivity index (χ1) is 18.1. The lowest BCUT2D eigenvalue weighted by Gasteiger charge is -2.28. The molecular formula is C27H66N10. The van der Waals surface area contributed by atoms with E-state index in [1.54, 1.807) is 0 Å². The van der Waals surface area contributed by atoms with Gasteiger partial charge in [-0.05, 0) is 176 Å². The van der Waals surface area contributed by atoms with Crippen molar-refractivity contribution in [2.45, 2.75) is 57.8 Å². The highest BCUT2D eigenvalue weighted by Gasteiger charge is 2.11. The Morgan fingerprint density at radius 1 is 0.216 bits per heavy atom. The molecule has 0 aliphatic heterocycles. The van der Waals surface area contributed by atoms with Crippen molar-refractivity contribution in [2.24, 2.45) is 34.4 Å². The molecule has 0 aromatic carbocycles. The molecule has 0 aromatic rings. The summed E-state index contributed by atoms with van der Waals surface area (Å²) in [7, 11) is 0. The third-order valence-electron chi connectivity index (χ3n) is 6.92. The molecular weight excluding hydrogens is 464 g/mol. The van der Waals surface area contributed by atoms with E-state index in [0.717, 1.165) is 156 Å². The molecule has 0 atom stereocenters. The van der Waals surface area contributed by atoms with E-state index in [1.807, 2.05) is 0 Å². The summed E-state index contributed by atoms with van der Waals surface area (Å²) in [4.78, 5) is 10.3. The van der Waals surface area contributed by atoms with E-state index in [4.69, 9.17) is 34.4 Å². The van der Waals surface area contributed by atoms with Crippen LogP contribution in [0, 0.1) is 0 Å². The van der Waals surface area contributed by atoms with Crippen LogP contribution in [0.5, 0.6) is 0 Å². The molecule has 0 unspecified atom stereocenters. The average molecular weight is 531 g/mol. The van der Waals surface area contributed by atoms with Gasteiger partial charge in [-0.2, -0.15) is 0 Å². The summed E-state index contributed by atoms with van der Waals surface area (Å²) in [6.07, 6.45) is 9.87. The zero-order chi connectivity index (χ0) is 27.4. The maximum Gasteiger partial charge on any atom is -0.000653 e. The molecule has 0 aliphatic rings. The number of hydrogen-bond donors (Lipinski definition) is 6. The number of nitrogens with two attached hydrogens (primary N) is 6. The minimum Gasteiger partial charge on any atom is -0.330 e. The fraction of sp³-hybridized carbons (Fsp3) is 1.00. The Morgan fingerprint density at radius 2 is 0.351 bits per heavy atom. The summed E-state index contributed by atoms with van der Waals surface area (Å²) < 4.78 is 0. The van der Waals surface area contributed by atoms with Gasteiger partial charge in [0.25, 0.3) is 0 Å². The largest absolute Gasteiger partial charge is 0.330 e. The van der Waals surface area contributed by atoms with Crippen LogP contribution in [0.3, 0.4) is 0 Å². The topological polar surface area (TPSA) is 169 Å². The van der Waals surface area contributed by atoms with Gasteiger partial charge in [-0.3, -0.25) is 0 Å². The van der Waals surface area contributed by atoms with E-state index >= 15 is 0 Å². The molecule has 0 fully saturated rings. The van der Waals surface area contributed by atoms with Gasteiger partial charge in [-0.1, -0.05) is 0 Å². The Kier molecular flexibility index (Phi) is 28.3. The van der Waals surface area contributed by atoms with E-state index in [2.05, 4.69) is 19.6 Å². The lowest BCUT2D eigenvalue weighted by atomic mass is 10.2. The van der Waals surface area contributed by atoms with Gasteiger partial charge in [0.15, 0.2) is 0 Å². The summed E-state index contributed by atoms with van der Waals surface area (Å²) >= 11 is 0. The van der Waals surface area contributed by atoms with E-state index in [9.17, 15) is 0 Å². The first-order valence-electron chi connectivity index (χ1n) is 15.2. The fourth-order valence-corrected chi connectivity index (χ4v) is 4.78. The van der Waals surface area contributed by atoms with Crippen LogP contribution in [-0.4, -0.2) is 137 Å². The first kappa shape index (κ1) is 36.6. The molecule has 0 bridgehead atoms. The minimum atomic E-state index is 0.751. The number of nitrogens with zero attached hydrogens (tertiary/aromatic N) is 4. The molecule has 0 radical (unpaired) electrons. The van der Waals surface area contributed by atoms with Crippen molar-refractivity contribution in [3.8, 4) is 0 Å². The Morgan fingerprint density at radius 3 is 0.486 bits per heavy atom. The number of hydrogen-bond acceptors (Lipinski definition) is 10. The molecule has 10 heteroatoms. The van der Waals surface area contributed by atoms with Gasteiger partial charge in [-0.15, -0.1) is 0 Å². The Labute approximate surface area is 229 Å². The van der Waals surface area contributed by atoms with Crippen LogP contribution in [0.2, 0.25) is 0 Å². The number of rotatable bonds is 30. The zero-order valence-corrected chi connectivity index (χ0v) is 24.3. The molecule has 0 heterocycles. The summed E-state index contributed by atoms with van der Waals surface area (Å²) in [5, 5.41) is 0. The lowest BCUT2D eigenvalue weighted by Crippen LogP contribution is -2.37. The summed E-state index contributed by atoms with van der Waals surface area (Å²) in [5.41, 5.74) is 34.6. The summed E-state index contributed by atoms with van der Waals surface area (Å²) in [6, 6.07) is 0. The fourth-order valence-electron chi connectivity index (χ4n) is 4.78. The quantitative estimate of drug-likeness (QED) is 0.0709. The van der Waals surface area contributed by atoms with Crippen LogP contribution < -0.4 is 34.4 Å². The maximum atomic E-state index is 5.77. The van der Waals surface area contributed by atoms with Crippen LogP contribution in [-0.2, 0) is 0 Å². The molecule has 0 aliphatic carbocycles. The van der Waals surface area contributed by atoms with Gasteiger partial charge in [0.05, 0.1) is 0 Å². The maximum absolute atomic E-state index is 5.77. The lowest BCUT2D eigenvalue weighted by molar-refractivity contribution is 0.192. The van der Waals surface area contributed by atoms with Crippen LogP contribution in [0.4, 0.5) is 0 Å². The van der Waals surface area contributed by atoms with E-state index in [-0.39, 0.29) is 0 Å². The highest BCUT2D eigenvalue weighted by atomic mass is 15.2. The summed E-state index contributed by atoms with van der Waals surface area (Å²) in [6.45, 7) is 17.7. The normalized spacial score (nSPS) is 12.2. The minimum absolute atomic E-state index is 0.751. The predicted octanol–water partition coefficient (Wildman–Crippen LogP) is -0.542. The van der Waals surface area contributed by atoms with Crippen molar-refractivity contribution in [2.75, 3.05) is 118 Å². The van der Waals surface area contributed by atoms with Crippen molar-refractivity contribution in [1.29, 1.82) is 0 Å². The van der Waals surface area contributed by atoms with Gasteiger partial charge < -0.3 is 54.0 Å². The third-order valence-corrected chi connectivity index (χ3v) is 6.92. The standard InChI is InChI=1S/C27H66N10/c28-10-1-16-34(17-2-11-29)22-7-25-37(26-8-23-35(18-3-12-30)19-4-13-31)27-9-24-36(20-5-14-32)21-6-15-33/h1-33H2. The van der Waals surface area contributed by atoms with Gasteiger partial charge in [-0.25, -0.2) is 0 Å². The van der Waals surface area contributed by atoms with E-state index in [0.29, 0.717) is 0 Å². The van der Waals surface area contributed by atoms with Gasteiger partial charge in [0.1, 0.15) is 0 Å². The van der Waals surface area contributed by atoms with Crippen molar-refractivity contribution >= 4 is 0 Å². The smallest absolute Gasteiger partial charge is 0.000653 e. The van der Waals surface area contributed by atoms with E-state index < -0.39 is 0 Å². The van der Waals surface area contributed by atoms with Crippen LogP contribution in [0.25, 0.3) is 0 Å². The second-order valence-corrected chi connectivity index (χ2v) is 10.3. The van der Waals surface area contributed by atoms with Gasteiger partial charge in [0.2, 0.25) is 0 Å². The van der Waals surface area contributed by atoms with Gasteiger partial charge in [0, 0.05) is 0 Å². The van der Waals surface area contributed by atoms with Crippen LogP contribution >= 0.6 is 0 Å². The Balaban J connectivity index is 4.83. The Hall–Kier alpha value is -0.400. The molecule has 0 spiro atoms. The predicted molar refractivity (Wildman–Crippen MR) is 162 cm³/mol. The Bertz CT molecular complexity index is 358. The van der Waals surface area contributed by atoms with Crippen molar-refractivity contribution in [3.63, 3.8) is 0 Å². The molecule has 10 nitrogen and oxygen atoms in total. The first-order valence-corrected chi connectivity index (χ1v) is 15.2. The summed E-state index contributed by atoms with van der Waals surface area (Å²) in [5.74, 6) is 0. The molecule has 0 rings (SSSR count). The van der Waals surface area contributed by atoms with Gasteiger partial charge >= 0.3 is 0 Å². The molecule has 0 saturated heterocycles. The highest BCUT2D eigenvalue weighted by molar-refractivity contribution is 4.68. The van der Waals surface area contributed by atoms with Crippen LogP contribution in [0.15, 0.2) is 0 Å². The van der Waals surface area contributed by atoms with Crippen molar-refractivity contribution in [3.05, 3.63) is 0 Å². The second-order valence-electron chi connectivity index (χ2n) is 10.3. The van der Waals surface area contributed by atoms with E-state index in [1.165, 1.54) is 19.3 Å². The second kappa shape index (κ2) is 28.6. The van der Waals surface area contributed by atoms with Crippen molar-refractivity contribution < 1.29 is 0 Å². The third kappa shape index (κ3) is 23.2.